The summed E-state index contributed by atoms with van der Waals surface area (Å²) in [6, 6.07) is 15.4. The van der Waals surface area contributed by atoms with E-state index in [1.165, 1.54) is 4.68 Å². The van der Waals surface area contributed by atoms with Crippen LogP contribution in [0.3, 0.4) is 0 Å². The van der Waals surface area contributed by atoms with Crippen LogP contribution >= 0.6 is 0 Å². The molecule has 0 radical (unpaired) electrons. The number of aryl methyl sites for hydroxylation is 1. The van der Waals surface area contributed by atoms with Crippen molar-refractivity contribution in [3.63, 3.8) is 0 Å². The van der Waals surface area contributed by atoms with E-state index in [2.05, 4.69) is 36.4 Å². The normalized spacial score (nSPS) is 10.7. The van der Waals surface area contributed by atoms with Crippen LogP contribution in [0.15, 0.2) is 48.5 Å². The van der Waals surface area contributed by atoms with Crippen molar-refractivity contribution in [1.82, 2.24) is 40.4 Å². The average Bonchev–Trinajstić information content (AvgIpc) is 3.43. The first kappa shape index (κ1) is 19.3. The van der Waals surface area contributed by atoms with Crippen LogP contribution in [-0.2, 0) is 13.1 Å². The van der Waals surface area contributed by atoms with Gasteiger partial charge in [0.25, 0.3) is 0 Å². The Morgan fingerprint density at radius 2 is 1.77 bits per heavy atom. The molecule has 4 aromatic rings. The van der Waals surface area contributed by atoms with Crippen molar-refractivity contribution in [2.45, 2.75) is 26.9 Å². The standard InChI is InChI=1S/C19H21N9O2/c1-3-27-18(21-23-25-27)20-13-14-10-11-16(17(12-14)29-4-2)30-19-22-24-26-28(19)15-8-6-5-7-9-15/h5-12H,3-4,13H2,1-2H3,(H,20,21,25). The maximum Gasteiger partial charge on any atom is 0.346 e. The maximum absolute atomic E-state index is 5.97. The third-order valence-corrected chi connectivity index (χ3v) is 4.23. The van der Waals surface area contributed by atoms with Crippen LogP contribution in [0.1, 0.15) is 19.4 Å². The summed E-state index contributed by atoms with van der Waals surface area (Å²) in [6.45, 7) is 5.60. The number of tetrazole rings is 2. The number of para-hydroxylation sites is 1. The highest BCUT2D eigenvalue weighted by molar-refractivity contribution is 5.45. The molecule has 0 amide bonds. The Bertz CT molecular complexity index is 1090. The fourth-order valence-electron chi connectivity index (χ4n) is 2.81. The van der Waals surface area contributed by atoms with Crippen LogP contribution in [0.5, 0.6) is 17.5 Å². The molecule has 4 rings (SSSR count). The van der Waals surface area contributed by atoms with Crippen LogP contribution in [-0.4, -0.2) is 47.0 Å². The summed E-state index contributed by atoms with van der Waals surface area (Å²) in [5.41, 5.74) is 1.78. The summed E-state index contributed by atoms with van der Waals surface area (Å²) in [4.78, 5) is 0. The van der Waals surface area contributed by atoms with Gasteiger partial charge in [-0.15, -0.1) is 0 Å². The van der Waals surface area contributed by atoms with Gasteiger partial charge in [-0.1, -0.05) is 34.5 Å². The predicted octanol–water partition coefficient (Wildman–Crippen LogP) is 2.47. The van der Waals surface area contributed by atoms with Crippen molar-refractivity contribution in [2.75, 3.05) is 11.9 Å². The molecule has 0 aliphatic heterocycles. The van der Waals surface area contributed by atoms with Gasteiger partial charge in [-0.2, -0.15) is 4.68 Å². The van der Waals surface area contributed by atoms with Gasteiger partial charge in [0.15, 0.2) is 11.5 Å². The van der Waals surface area contributed by atoms with Gasteiger partial charge < -0.3 is 14.8 Å². The molecular formula is C19H21N9O2. The van der Waals surface area contributed by atoms with Crippen LogP contribution in [0, 0.1) is 0 Å². The Kier molecular flexibility index (Phi) is 5.78. The van der Waals surface area contributed by atoms with Crippen molar-refractivity contribution in [3.05, 3.63) is 54.1 Å². The van der Waals surface area contributed by atoms with E-state index >= 15 is 0 Å². The molecule has 2 heterocycles. The summed E-state index contributed by atoms with van der Waals surface area (Å²) < 4.78 is 15.0. The molecule has 0 aliphatic rings. The third kappa shape index (κ3) is 4.19. The van der Waals surface area contributed by atoms with Gasteiger partial charge in [0, 0.05) is 13.1 Å². The minimum atomic E-state index is 0.246. The molecule has 2 aromatic heterocycles. The Morgan fingerprint density at radius 1 is 0.933 bits per heavy atom. The topological polar surface area (TPSA) is 118 Å². The van der Waals surface area contributed by atoms with Gasteiger partial charge in [0.05, 0.1) is 12.3 Å². The molecule has 0 saturated carbocycles. The lowest BCUT2D eigenvalue weighted by Crippen LogP contribution is -2.08. The van der Waals surface area contributed by atoms with Crippen LogP contribution in [0.25, 0.3) is 5.69 Å². The van der Waals surface area contributed by atoms with Gasteiger partial charge in [-0.3, -0.25) is 0 Å². The van der Waals surface area contributed by atoms with E-state index in [0.29, 0.717) is 37.1 Å². The van der Waals surface area contributed by atoms with E-state index in [1.54, 1.807) is 4.68 Å². The molecule has 11 nitrogen and oxygen atoms in total. The minimum absolute atomic E-state index is 0.246. The lowest BCUT2D eigenvalue weighted by atomic mass is 10.2. The van der Waals surface area contributed by atoms with E-state index in [0.717, 1.165) is 11.3 Å². The summed E-state index contributed by atoms with van der Waals surface area (Å²) in [6.07, 6.45) is 0. The highest BCUT2D eigenvalue weighted by Gasteiger charge is 2.15. The molecule has 0 fully saturated rings. The third-order valence-electron chi connectivity index (χ3n) is 4.23. The summed E-state index contributed by atoms with van der Waals surface area (Å²) >= 11 is 0. The zero-order valence-corrected chi connectivity index (χ0v) is 16.6. The van der Waals surface area contributed by atoms with Gasteiger partial charge in [-0.25, -0.2) is 4.68 Å². The summed E-state index contributed by atoms with van der Waals surface area (Å²) in [7, 11) is 0. The number of ether oxygens (including phenoxy) is 2. The Morgan fingerprint density at radius 3 is 2.57 bits per heavy atom. The molecule has 0 bridgehead atoms. The SMILES string of the molecule is CCOc1cc(CNc2nnnn2CC)ccc1Oc1nnnn1-c1ccccc1. The van der Waals surface area contributed by atoms with Crippen LogP contribution in [0.2, 0.25) is 0 Å². The number of benzene rings is 2. The molecule has 0 saturated heterocycles. The van der Waals surface area contributed by atoms with Crippen molar-refractivity contribution >= 4 is 5.95 Å². The van der Waals surface area contributed by atoms with E-state index < -0.39 is 0 Å². The molecule has 0 aliphatic carbocycles. The molecule has 154 valence electrons. The highest BCUT2D eigenvalue weighted by Crippen LogP contribution is 2.32. The Balaban J connectivity index is 1.54. The first-order valence-corrected chi connectivity index (χ1v) is 9.56. The lowest BCUT2D eigenvalue weighted by molar-refractivity contribution is 0.315. The summed E-state index contributed by atoms with van der Waals surface area (Å²) in [5, 5.41) is 26.5. The highest BCUT2D eigenvalue weighted by atomic mass is 16.5. The molecule has 1 N–H and O–H groups in total. The minimum Gasteiger partial charge on any atom is -0.490 e. The first-order valence-electron chi connectivity index (χ1n) is 9.56. The average molecular weight is 407 g/mol. The fourth-order valence-corrected chi connectivity index (χ4v) is 2.81. The predicted molar refractivity (Wildman–Crippen MR) is 108 cm³/mol. The van der Waals surface area contributed by atoms with Crippen LogP contribution in [0.4, 0.5) is 5.95 Å². The van der Waals surface area contributed by atoms with E-state index in [4.69, 9.17) is 9.47 Å². The zero-order chi connectivity index (χ0) is 20.8. The number of anilines is 1. The quantitative estimate of drug-likeness (QED) is 0.446. The van der Waals surface area contributed by atoms with E-state index in [-0.39, 0.29) is 6.01 Å². The molecule has 2 aromatic carbocycles. The number of nitrogens with zero attached hydrogens (tertiary/aromatic N) is 8. The lowest BCUT2D eigenvalue weighted by Gasteiger charge is -2.13. The van der Waals surface area contributed by atoms with Crippen molar-refractivity contribution in [1.29, 1.82) is 0 Å². The van der Waals surface area contributed by atoms with E-state index in [1.807, 2.05) is 62.4 Å². The van der Waals surface area contributed by atoms with Crippen molar-refractivity contribution in [2.24, 2.45) is 0 Å². The second-order valence-electron chi connectivity index (χ2n) is 6.20. The van der Waals surface area contributed by atoms with Gasteiger partial charge in [-0.05, 0) is 64.5 Å². The van der Waals surface area contributed by atoms with Gasteiger partial charge in [0.2, 0.25) is 5.95 Å². The largest absolute Gasteiger partial charge is 0.490 e. The number of aromatic nitrogens is 8. The zero-order valence-electron chi connectivity index (χ0n) is 16.6. The monoisotopic (exact) mass is 407 g/mol. The van der Waals surface area contributed by atoms with E-state index in [9.17, 15) is 0 Å². The molecule has 30 heavy (non-hydrogen) atoms. The first-order chi connectivity index (χ1) is 14.8. The second-order valence-corrected chi connectivity index (χ2v) is 6.20. The molecule has 0 atom stereocenters. The number of hydrogen-bond acceptors (Lipinski definition) is 9. The number of nitrogens with one attached hydrogen (secondary N) is 1. The van der Waals surface area contributed by atoms with Crippen molar-refractivity contribution < 1.29 is 9.47 Å². The van der Waals surface area contributed by atoms with Gasteiger partial charge >= 0.3 is 6.01 Å². The smallest absolute Gasteiger partial charge is 0.346 e. The number of hydrogen-bond donors (Lipinski definition) is 1. The van der Waals surface area contributed by atoms with Crippen molar-refractivity contribution in [3.8, 4) is 23.2 Å². The molecule has 0 unspecified atom stereocenters. The summed E-state index contributed by atoms with van der Waals surface area (Å²) in [5.74, 6) is 1.72. The maximum atomic E-state index is 5.97. The Hall–Kier alpha value is -4.02. The molecule has 0 spiro atoms. The fraction of sp³-hybridized carbons (Fsp3) is 0.263. The van der Waals surface area contributed by atoms with Crippen LogP contribution < -0.4 is 14.8 Å². The molecular weight excluding hydrogens is 386 g/mol. The molecule has 11 heteroatoms. The number of rotatable bonds is 9. The second kappa shape index (κ2) is 8.99. The van der Waals surface area contributed by atoms with Gasteiger partial charge in [0.1, 0.15) is 0 Å². The Labute approximate surface area is 172 Å².